The van der Waals surface area contributed by atoms with Crippen LogP contribution in [-0.4, -0.2) is 89.7 Å². The third kappa shape index (κ3) is 4.68. The Morgan fingerprint density at radius 3 is 2.54 bits per heavy atom. The van der Waals surface area contributed by atoms with E-state index in [0.29, 0.717) is 19.0 Å². The van der Waals surface area contributed by atoms with Crippen molar-refractivity contribution in [3.63, 3.8) is 0 Å². The molecule has 0 saturated carbocycles. The fourth-order valence-corrected chi connectivity index (χ4v) is 4.26. The molecule has 5 rings (SSSR count). The predicted octanol–water partition coefficient (Wildman–Crippen LogP) is 0.504. The van der Waals surface area contributed by atoms with Gasteiger partial charge in [0.1, 0.15) is 11.4 Å². The number of anilines is 1. The van der Waals surface area contributed by atoms with Crippen LogP contribution in [0.15, 0.2) is 54.5 Å². The topological polar surface area (TPSA) is 200 Å². The van der Waals surface area contributed by atoms with Crippen LogP contribution in [0.25, 0.3) is 16.6 Å². The number of halogens is 1. The van der Waals surface area contributed by atoms with Crippen molar-refractivity contribution < 1.29 is 23.9 Å². The van der Waals surface area contributed by atoms with Gasteiger partial charge in [0.15, 0.2) is 5.82 Å². The lowest BCUT2D eigenvalue weighted by Gasteiger charge is -2.34. The summed E-state index contributed by atoms with van der Waals surface area (Å²) in [4.78, 5) is 47.0. The summed E-state index contributed by atoms with van der Waals surface area (Å²) in [6.07, 6.45) is 2.81. The van der Waals surface area contributed by atoms with Gasteiger partial charge in [-0.15, -0.1) is 0 Å². The Balaban J connectivity index is 1.34. The van der Waals surface area contributed by atoms with E-state index in [-0.39, 0.29) is 35.2 Å². The van der Waals surface area contributed by atoms with Crippen LogP contribution < -0.4 is 10.6 Å². The average molecular weight is 532 g/mol. The summed E-state index contributed by atoms with van der Waals surface area (Å²) in [5.41, 5.74) is 4.71. The lowest BCUT2D eigenvalue weighted by atomic mass is 10.1. The molecular weight excluding hydrogens is 511 g/mol. The number of aliphatic carboxylic acids is 1. The van der Waals surface area contributed by atoms with Crippen molar-refractivity contribution in [3.8, 4) is 5.69 Å². The van der Waals surface area contributed by atoms with E-state index in [9.17, 15) is 18.8 Å². The Hall–Kier alpha value is -5.47. The fourth-order valence-electron chi connectivity index (χ4n) is 4.26. The molecule has 0 atom stereocenters. The zero-order valence-electron chi connectivity index (χ0n) is 20.2. The normalized spacial score (nSPS) is 14.0. The first-order valence-corrected chi connectivity index (χ1v) is 11.6. The molecule has 5 N–H and O–H groups in total. The van der Waals surface area contributed by atoms with Gasteiger partial charge in [-0.3, -0.25) is 15.0 Å². The lowest BCUT2D eigenvalue weighted by Crippen LogP contribution is -2.51. The number of Topliss-reactive ketones (excluding diaryl/α,β-unsaturated/α-hetero) is 1. The first-order chi connectivity index (χ1) is 18.8. The van der Waals surface area contributed by atoms with Crippen LogP contribution in [0, 0.1) is 11.2 Å². The van der Waals surface area contributed by atoms with Crippen LogP contribution >= 0.6 is 0 Å². The first-order valence-electron chi connectivity index (χ1n) is 11.6. The number of allylic oxidation sites excluding steroid dienone is 1. The molecule has 0 radical (unpaired) electrons. The fraction of sp³-hybridized carbons (Fsp3) is 0.167. The third-order valence-electron chi connectivity index (χ3n) is 6.21. The molecule has 0 bridgehead atoms. The van der Waals surface area contributed by atoms with Gasteiger partial charge in [0.2, 0.25) is 5.95 Å². The van der Waals surface area contributed by atoms with Crippen molar-refractivity contribution in [2.24, 2.45) is 5.73 Å². The minimum atomic E-state index is -1.44. The van der Waals surface area contributed by atoms with E-state index in [1.54, 1.807) is 4.68 Å². The zero-order chi connectivity index (χ0) is 27.7. The number of para-hydroxylation sites is 1. The number of nitrogens with one attached hydrogen (secondary N) is 2. The van der Waals surface area contributed by atoms with Gasteiger partial charge in [-0.1, -0.05) is 23.3 Å². The number of carboxylic acid groups (broad SMARTS) is 1. The van der Waals surface area contributed by atoms with Crippen LogP contribution in [0.5, 0.6) is 0 Å². The number of nitrogens with two attached hydrogens (primary N) is 1. The van der Waals surface area contributed by atoms with Gasteiger partial charge in [0.25, 0.3) is 11.7 Å². The highest BCUT2D eigenvalue weighted by atomic mass is 19.1. The quantitative estimate of drug-likeness (QED) is 0.112. The molecule has 1 amide bonds. The van der Waals surface area contributed by atoms with Crippen LogP contribution in [0.4, 0.5) is 10.3 Å². The number of tetrazole rings is 1. The van der Waals surface area contributed by atoms with Crippen LogP contribution in [-0.2, 0) is 9.59 Å². The summed E-state index contributed by atoms with van der Waals surface area (Å²) in [6.45, 7) is 1.12. The van der Waals surface area contributed by atoms with Crippen molar-refractivity contribution in [2.75, 3.05) is 31.1 Å². The molecule has 1 aliphatic rings. The second kappa shape index (κ2) is 10.1. The number of carbonyl (C=O) groups excluding carboxylic acids is 2. The Kier molecular flexibility index (Phi) is 6.54. The molecule has 0 spiro atoms. The molecule has 4 heterocycles. The van der Waals surface area contributed by atoms with Gasteiger partial charge in [-0.2, -0.15) is 4.68 Å². The number of pyridine rings is 1. The van der Waals surface area contributed by atoms with E-state index in [0.717, 1.165) is 18.0 Å². The molecular formula is C24H21FN10O4. The van der Waals surface area contributed by atoms with Crippen molar-refractivity contribution in [1.82, 2.24) is 35.1 Å². The SMILES string of the molecule is N=C(/C=C(\N)C(=O)O)c1ncc(F)c2c(C(=O)C(=O)N3CCN(c4nnnn4-c4ccccc4)CC3)c[nH]c12. The molecule has 39 heavy (non-hydrogen) atoms. The highest BCUT2D eigenvalue weighted by molar-refractivity contribution is 6.45. The maximum Gasteiger partial charge on any atom is 0.351 e. The predicted molar refractivity (Wildman–Crippen MR) is 135 cm³/mol. The summed E-state index contributed by atoms with van der Waals surface area (Å²) in [5, 5.41) is 28.7. The van der Waals surface area contributed by atoms with E-state index in [2.05, 4.69) is 25.5 Å². The highest BCUT2D eigenvalue weighted by Gasteiger charge is 2.31. The minimum Gasteiger partial charge on any atom is -0.477 e. The number of amides is 1. The molecule has 0 aliphatic carbocycles. The van der Waals surface area contributed by atoms with Gasteiger partial charge < -0.3 is 25.6 Å². The van der Waals surface area contributed by atoms with Crippen molar-refractivity contribution >= 4 is 40.2 Å². The number of hydrogen-bond acceptors (Lipinski definition) is 10. The molecule has 1 aromatic carbocycles. The number of hydrogen-bond donors (Lipinski definition) is 4. The minimum absolute atomic E-state index is 0.0387. The van der Waals surface area contributed by atoms with Crippen LogP contribution in [0.3, 0.4) is 0 Å². The molecule has 3 aromatic heterocycles. The molecule has 1 fully saturated rings. The average Bonchev–Trinajstić information content (AvgIpc) is 3.61. The maximum atomic E-state index is 14.8. The largest absolute Gasteiger partial charge is 0.477 e. The van der Waals surface area contributed by atoms with E-state index in [1.165, 1.54) is 11.1 Å². The number of aromatic nitrogens is 6. The first kappa shape index (κ1) is 25.2. The number of fused-ring (bicyclic) bond motifs is 1. The molecule has 198 valence electrons. The number of ketones is 1. The number of carbonyl (C=O) groups is 3. The molecule has 15 heteroatoms. The molecule has 4 aromatic rings. The van der Waals surface area contributed by atoms with Crippen molar-refractivity contribution in [1.29, 1.82) is 5.41 Å². The summed E-state index contributed by atoms with van der Waals surface area (Å²) in [6, 6.07) is 9.32. The van der Waals surface area contributed by atoms with Gasteiger partial charge in [-0.25, -0.2) is 14.2 Å². The van der Waals surface area contributed by atoms with Gasteiger partial charge in [0.05, 0.1) is 34.1 Å². The third-order valence-corrected chi connectivity index (χ3v) is 6.21. The summed E-state index contributed by atoms with van der Waals surface area (Å²) in [7, 11) is 0. The Labute approximate surface area is 219 Å². The Morgan fingerprint density at radius 1 is 1.13 bits per heavy atom. The summed E-state index contributed by atoms with van der Waals surface area (Å²) >= 11 is 0. The second-order valence-electron chi connectivity index (χ2n) is 8.56. The number of aromatic amines is 1. The van der Waals surface area contributed by atoms with Crippen molar-refractivity contribution in [3.05, 3.63) is 71.6 Å². The van der Waals surface area contributed by atoms with E-state index in [1.807, 2.05) is 35.2 Å². The number of carboxylic acids is 1. The number of H-pyrrole nitrogens is 1. The van der Waals surface area contributed by atoms with Crippen LogP contribution in [0.1, 0.15) is 16.1 Å². The maximum absolute atomic E-state index is 14.8. The van der Waals surface area contributed by atoms with E-state index in [4.69, 9.17) is 16.2 Å². The summed E-state index contributed by atoms with van der Waals surface area (Å²) in [5.74, 6) is -3.58. The number of piperazine rings is 1. The Bertz CT molecular complexity index is 1640. The highest BCUT2D eigenvalue weighted by Crippen LogP contribution is 2.25. The van der Waals surface area contributed by atoms with E-state index < -0.39 is 34.9 Å². The van der Waals surface area contributed by atoms with Gasteiger partial charge in [-0.05, 0) is 28.6 Å². The van der Waals surface area contributed by atoms with Gasteiger partial charge >= 0.3 is 5.97 Å². The Morgan fingerprint density at radius 2 is 1.85 bits per heavy atom. The lowest BCUT2D eigenvalue weighted by molar-refractivity contribution is -0.132. The van der Waals surface area contributed by atoms with Gasteiger partial charge in [0, 0.05) is 32.4 Å². The van der Waals surface area contributed by atoms with Crippen LogP contribution in [0.2, 0.25) is 0 Å². The molecule has 0 unspecified atom stereocenters. The van der Waals surface area contributed by atoms with Crippen molar-refractivity contribution in [2.45, 2.75) is 0 Å². The number of nitrogens with zero attached hydrogens (tertiary/aromatic N) is 7. The smallest absolute Gasteiger partial charge is 0.351 e. The second-order valence-corrected chi connectivity index (χ2v) is 8.56. The summed E-state index contributed by atoms with van der Waals surface area (Å²) < 4.78 is 16.4. The number of rotatable bonds is 7. The molecule has 14 nitrogen and oxygen atoms in total. The monoisotopic (exact) mass is 532 g/mol. The van der Waals surface area contributed by atoms with E-state index >= 15 is 0 Å². The number of benzene rings is 1. The standard InChI is InChI=1S/C24H21FN10O4/c25-15-12-29-19(16(26)10-17(27)23(38)39)20-18(15)14(11-28-20)21(36)22(37)33-6-8-34(9-7-33)24-30-31-32-35(24)13-4-2-1-3-5-13/h1-5,10-12,26,28H,6-9,27H2,(H,38,39)/b17-10-,26-16?. The zero-order valence-corrected chi connectivity index (χ0v) is 20.2. The molecule has 1 saturated heterocycles. The molecule has 1 aliphatic heterocycles.